The Morgan fingerprint density at radius 1 is 1.21 bits per heavy atom. The zero-order chi connectivity index (χ0) is 13.8. The molecule has 0 atom stereocenters. The number of nitrogens with zero attached hydrogens (tertiary/aromatic N) is 3. The number of aryl methyl sites for hydroxylation is 2. The molecule has 0 aliphatic heterocycles. The van der Waals surface area contributed by atoms with Crippen LogP contribution in [0, 0.1) is 3.57 Å². The molecule has 1 aromatic heterocycles. The molecule has 0 saturated carbocycles. The van der Waals surface area contributed by atoms with Crippen molar-refractivity contribution < 1.29 is 4.79 Å². The maximum absolute atomic E-state index is 12.2. The summed E-state index contributed by atoms with van der Waals surface area (Å²) in [5, 5.41) is 4.37. The van der Waals surface area contributed by atoms with Gasteiger partial charge < -0.3 is 0 Å². The summed E-state index contributed by atoms with van der Waals surface area (Å²) in [5.41, 5.74) is 0.719. The van der Waals surface area contributed by atoms with E-state index in [2.05, 4.69) is 32.7 Å². The second kappa shape index (κ2) is 6.27. The number of aromatic nitrogens is 3. The molecule has 0 saturated heterocycles. The number of ketones is 1. The van der Waals surface area contributed by atoms with Crippen LogP contribution in [0.4, 0.5) is 0 Å². The molecular formula is C14H16IN3O. The van der Waals surface area contributed by atoms with E-state index < -0.39 is 0 Å². The maximum Gasteiger partial charge on any atom is 0.184 e. The van der Waals surface area contributed by atoms with E-state index in [1.165, 1.54) is 0 Å². The first-order valence-corrected chi connectivity index (χ1v) is 7.43. The van der Waals surface area contributed by atoms with Crippen LogP contribution in [0.15, 0.2) is 24.3 Å². The van der Waals surface area contributed by atoms with Crippen molar-refractivity contribution in [2.75, 3.05) is 0 Å². The van der Waals surface area contributed by atoms with E-state index in [0.29, 0.717) is 0 Å². The van der Waals surface area contributed by atoms with Gasteiger partial charge in [-0.25, -0.2) is 9.67 Å². The summed E-state index contributed by atoms with van der Waals surface area (Å²) < 4.78 is 2.84. The van der Waals surface area contributed by atoms with Crippen LogP contribution in [0.2, 0.25) is 0 Å². The minimum Gasteiger partial charge on any atom is -0.292 e. The summed E-state index contributed by atoms with van der Waals surface area (Å²) in [6.07, 6.45) is 1.57. The smallest absolute Gasteiger partial charge is 0.184 e. The molecule has 100 valence electrons. The highest BCUT2D eigenvalue weighted by Gasteiger charge is 2.12. The Morgan fingerprint density at radius 3 is 2.47 bits per heavy atom. The summed E-state index contributed by atoms with van der Waals surface area (Å²) in [6, 6.07) is 7.58. The van der Waals surface area contributed by atoms with Crippen LogP contribution in [0.3, 0.4) is 0 Å². The quantitative estimate of drug-likeness (QED) is 0.602. The molecule has 0 aliphatic carbocycles. The van der Waals surface area contributed by atoms with E-state index in [4.69, 9.17) is 0 Å². The van der Waals surface area contributed by atoms with E-state index in [9.17, 15) is 4.79 Å². The number of benzene rings is 1. The molecule has 2 rings (SSSR count). The van der Waals surface area contributed by atoms with Gasteiger partial charge in [0.15, 0.2) is 11.6 Å². The molecule has 0 fully saturated rings. The van der Waals surface area contributed by atoms with Crippen molar-refractivity contribution in [2.45, 2.75) is 33.2 Å². The lowest BCUT2D eigenvalue weighted by atomic mass is 10.1. The zero-order valence-corrected chi connectivity index (χ0v) is 13.2. The average molecular weight is 369 g/mol. The fourth-order valence-electron chi connectivity index (χ4n) is 1.83. The monoisotopic (exact) mass is 369 g/mol. The van der Waals surface area contributed by atoms with E-state index in [-0.39, 0.29) is 12.3 Å². The van der Waals surface area contributed by atoms with Gasteiger partial charge in [-0.2, -0.15) is 5.10 Å². The number of halogens is 1. The molecule has 5 heteroatoms. The summed E-state index contributed by atoms with van der Waals surface area (Å²) in [7, 11) is 0. The summed E-state index contributed by atoms with van der Waals surface area (Å²) in [5.74, 6) is 1.74. The lowest BCUT2D eigenvalue weighted by molar-refractivity contribution is 0.0966. The Morgan fingerprint density at radius 2 is 1.89 bits per heavy atom. The number of hydrogen-bond donors (Lipinski definition) is 0. The van der Waals surface area contributed by atoms with Crippen LogP contribution in [0.5, 0.6) is 0 Å². The van der Waals surface area contributed by atoms with Gasteiger partial charge in [0.1, 0.15) is 12.4 Å². The summed E-state index contributed by atoms with van der Waals surface area (Å²) in [6.45, 7) is 4.30. The highest BCUT2D eigenvalue weighted by Crippen LogP contribution is 2.09. The standard InChI is InChI=1S/C14H16IN3O/c1-3-13-16-14(4-2)18(17-13)9-12(19)10-5-7-11(15)8-6-10/h5-8H,3-4,9H2,1-2H3. The van der Waals surface area contributed by atoms with E-state index in [0.717, 1.165) is 33.6 Å². The number of rotatable bonds is 5. The number of hydrogen-bond acceptors (Lipinski definition) is 3. The Balaban J connectivity index is 2.18. The number of carbonyl (C=O) groups is 1. The highest BCUT2D eigenvalue weighted by atomic mass is 127. The topological polar surface area (TPSA) is 47.8 Å². The van der Waals surface area contributed by atoms with Crippen LogP contribution < -0.4 is 0 Å². The first kappa shape index (κ1) is 14.2. The van der Waals surface area contributed by atoms with Gasteiger partial charge in [0, 0.05) is 22.0 Å². The molecule has 1 aromatic carbocycles. The van der Waals surface area contributed by atoms with Gasteiger partial charge >= 0.3 is 0 Å². The lowest BCUT2D eigenvalue weighted by Gasteiger charge is -2.04. The van der Waals surface area contributed by atoms with Gasteiger partial charge in [-0.15, -0.1) is 0 Å². The Hall–Kier alpha value is -1.24. The van der Waals surface area contributed by atoms with E-state index in [1.54, 1.807) is 4.68 Å². The van der Waals surface area contributed by atoms with E-state index in [1.807, 2.05) is 38.1 Å². The minimum absolute atomic E-state index is 0.0682. The van der Waals surface area contributed by atoms with Crippen molar-refractivity contribution in [1.82, 2.24) is 14.8 Å². The van der Waals surface area contributed by atoms with Crippen molar-refractivity contribution in [3.63, 3.8) is 0 Å². The second-order valence-electron chi connectivity index (χ2n) is 4.24. The number of Topliss-reactive ketones (excluding diaryl/α,β-unsaturated/α-hetero) is 1. The van der Waals surface area contributed by atoms with Gasteiger partial charge in [0.2, 0.25) is 0 Å². The summed E-state index contributed by atoms with van der Waals surface area (Å²) >= 11 is 2.22. The van der Waals surface area contributed by atoms with Gasteiger partial charge in [-0.1, -0.05) is 26.0 Å². The third-order valence-corrected chi connectivity index (χ3v) is 3.60. The first-order chi connectivity index (χ1) is 9.13. The van der Waals surface area contributed by atoms with Crippen molar-refractivity contribution >= 4 is 28.4 Å². The van der Waals surface area contributed by atoms with Gasteiger partial charge in [-0.05, 0) is 34.7 Å². The molecule has 0 bridgehead atoms. The van der Waals surface area contributed by atoms with Crippen LogP contribution in [0.1, 0.15) is 35.9 Å². The Kier molecular flexibility index (Phi) is 4.68. The van der Waals surface area contributed by atoms with Crippen LogP contribution in [-0.2, 0) is 19.4 Å². The summed E-state index contributed by atoms with van der Waals surface area (Å²) in [4.78, 5) is 16.6. The minimum atomic E-state index is 0.0682. The molecule has 0 spiro atoms. The SMILES string of the molecule is CCc1nc(CC)n(CC(=O)c2ccc(I)cc2)n1. The van der Waals surface area contributed by atoms with Crippen molar-refractivity contribution in [3.05, 3.63) is 45.0 Å². The molecule has 4 nitrogen and oxygen atoms in total. The van der Waals surface area contributed by atoms with Crippen LogP contribution >= 0.6 is 22.6 Å². The Bertz CT molecular complexity index is 575. The predicted octanol–water partition coefficient (Wildman–Crippen LogP) is 2.89. The van der Waals surface area contributed by atoms with Gasteiger partial charge in [0.05, 0.1) is 0 Å². The Labute approximate surface area is 126 Å². The first-order valence-electron chi connectivity index (χ1n) is 6.35. The largest absolute Gasteiger partial charge is 0.292 e. The van der Waals surface area contributed by atoms with Crippen LogP contribution in [0.25, 0.3) is 0 Å². The van der Waals surface area contributed by atoms with Gasteiger partial charge in [0.25, 0.3) is 0 Å². The molecule has 0 unspecified atom stereocenters. The van der Waals surface area contributed by atoms with E-state index >= 15 is 0 Å². The third-order valence-electron chi connectivity index (χ3n) is 2.88. The fourth-order valence-corrected chi connectivity index (χ4v) is 2.19. The lowest BCUT2D eigenvalue weighted by Crippen LogP contribution is -2.14. The maximum atomic E-state index is 12.2. The molecule has 1 heterocycles. The molecule has 2 aromatic rings. The molecule has 0 radical (unpaired) electrons. The molecular weight excluding hydrogens is 353 g/mol. The van der Waals surface area contributed by atoms with Crippen molar-refractivity contribution in [3.8, 4) is 0 Å². The predicted molar refractivity (Wildman–Crippen MR) is 82.3 cm³/mol. The normalized spacial score (nSPS) is 10.7. The van der Waals surface area contributed by atoms with Gasteiger partial charge in [-0.3, -0.25) is 4.79 Å². The molecule has 0 N–H and O–H groups in total. The fraction of sp³-hybridized carbons (Fsp3) is 0.357. The van der Waals surface area contributed by atoms with Crippen molar-refractivity contribution in [1.29, 1.82) is 0 Å². The number of carbonyl (C=O) groups excluding carboxylic acids is 1. The highest BCUT2D eigenvalue weighted by molar-refractivity contribution is 14.1. The second-order valence-corrected chi connectivity index (χ2v) is 5.48. The zero-order valence-electron chi connectivity index (χ0n) is 11.1. The molecule has 0 aliphatic rings. The molecule has 19 heavy (non-hydrogen) atoms. The average Bonchev–Trinajstić information content (AvgIpc) is 2.81. The molecule has 0 amide bonds. The van der Waals surface area contributed by atoms with Crippen molar-refractivity contribution in [2.24, 2.45) is 0 Å². The van der Waals surface area contributed by atoms with Crippen LogP contribution in [-0.4, -0.2) is 20.5 Å². The third kappa shape index (κ3) is 3.40.